The summed E-state index contributed by atoms with van der Waals surface area (Å²) in [5.41, 5.74) is 5.15. The van der Waals surface area contributed by atoms with Gasteiger partial charge in [0.1, 0.15) is 17.9 Å². The standard InChI is InChI=1S/C47H69N5O6/c1-29-23-39(30(2)31(3)47(29,5)6)48-45(55)43-42(32(4)54)41(28-53)58-52(43)26-35-19-16-20-37(44(35)57-12)34-21-22-38(40(25-34)50(9)10)46(56)51(11)36(27-49(7)8)24-33-17-14-13-15-18-33/h13-22,25,29-32,36,39,41-43,53-54H,23-24,26-28H2,1-12H3,(H,48,55)/t29-,30+,31+,32+,36+,39+,41+,42+,43+/m1/s1. The molecule has 3 aromatic rings. The topological polar surface area (TPSA) is 118 Å². The molecule has 3 aromatic carbocycles. The highest BCUT2D eigenvalue weighted by Crippen LogP contribution is 2.48. The van der Waals surface area contributed by atoms with Crippen molar-refractivity contribution in [2.45, 2.75) is 91.3 Å². The van der Waals surface area contributed by atoms with Gasteiger partial charge in [-0.2, -0.15) is 5.06 Å². The minimum atomic E-state index is -0.909. The Bertz CT molecular complexity index is 1850. The molecular weight excluding hydrogens is 731 g/mol. The highest BCUT2D eigenvalue weighted by atomic mass is 16.7. The van der Waals surface area contributed by atoms with E-state index in [9.17, 15) is 19.8 Å². The normalized spacial score (nSPS) is 25.6. The molecule has 1 aliphatic heterocycles. The summed E-state index contributed by atoms with van der Waals surface area (Å²) in [5.74, 6) is 0.728. The largest absolute Gasteiger partial charge is 0.496 e. The molecule has 2 fully saturated rings. The zero-order valence-corrected chi connectivity index (χ0v) is 36.9. The van der Waals surface area contributed by atoms with E-state index in [1.807, 2.05) is 99.6 Å². The molecule has 0 radical (unpaired) electrons. The number of hydrogen-bond donors (Lipinski definition) is 3. The summed E-state index contributed by atoms with van der Waals surface area (Å²) in [6, 6.07) is 21.1. The van der Waals surface area contributed by atoms with Crippen LogP contribution in [0.2, 0.25) is 0 Å². The van der Waals surface area contributed by atoms with Crippen LogP contribution in [0.25, 0.3) is 11.1 Å². The molecule has 1 heterocycles. The maximum Gasteiger partial charge on any atom is 0.256 e. The minimum absolute atomic E-state index is 0.0312. The molecule has 11 nitrogen and oxygen atoms in total. The van der Waals surface area contributed by atoms with Gasteiger partial charge in [-0.15, -0.1) is 0 Å². The highest BCUT2D eigenvalue weighted by Gasteiger charge is 2.51. The lowest BCUT2D eigenvalue weighted by Crippen LogP contribution is -2.56. The molecule has 2 amide bonds. The fourth-order valence-corrected chi connectivity index (χ4v) is 9.29. The van der Waals surface area contributed by atoms with Crippen LogP contribution in [0.15, 0.2) is 66.7 Å². The average molecular weight is 800 g/mol. The molecule has 2 aliphatic rings. The first-order valence-corrected chi connectivity index (χ1v) is 20.9. The molecule has 5 rings (SSSR count). The molecule has 0 spiro atoms. The molecule has 11 heteroatoms. The number of anilines is 1. The van der Waals surface area contributed by atoms with Crippen LogP contribution in [0, 0.1) is 29.1 Å². The van der Waals surface area contributed by atoms with Crippen LogP contribution in [0.3, 0.4) is 0 Å². The predicted molar refractivity (Wildman–Crippen MR) is 232 cm³/mol. The monoisotopic (exact) mass is 800 g/mol. The number of aliphatic hydroxyl groups excluding tert-OH is 2. The van der Waals surface area contributed by atoms with Crippen LogP contribution in [-0.4, -0.2) is 123 Å². The van der Waals surface area contributed by atoms with Crippen LogP contribution in [0.1, 0.15) is 69.4 Å². The Morgan fingerprint density at radius 3 is 2.29 bits per heavy atom. The van der Waals surface area contributed by atoms with Gasteiger partial charge in [0, 0.05) is 62.5 Å². The molecule has 0 unspecified atom stereocenters. The van der Waals surface area contributed by atoms with Gasteiger partial charge in [0.25, 0.3) is 5.91 Å². The molecule has 0 aromatic heterocycles. The van der Waals surface area contributed by atoms with Gasteiger partial charge in [-0.25, -0.2) is 0 Å². The van der Waals surface area contributed by atoms with Crippen LogP contribution in [0.4, 0.5) is 5.69 Å². The van der Waals surface area contributed by atoms with Crippen molar-refractivity contribution in [2.24, 2.45) is 29.1 Å². The van der Waals surface area contributed by atoms with Gasteiger partial charge < -0.3 is 35.0 Å². The Morgan fingerprint density at radius 2 is 1.69 bits per heavy atom. The number of hydrogen-bond acceptors (Lipinski definition) is 9. The van der Waals surface area contributed by atoms with Crippen molar-refractivity contribution in [3.05, 3.63) is 83.4 Å². The fourth-order valence-electron chi connectivity index (χ4n) is 9.29. The van der Waals surface area contributed by atoms with E-state index in [4.69, 9.17) is 9.57 Å². The molecule has 1 aliphatic carbocycles. The van der Waals surface area contributed by atoms with E-state index in [0.29, 0.717) is 29.7 Å². The molecule has 318 valence electrons. The number of para-hydroxylation sites is 1. The van der Waals surface area contributed by atoms with E-state index in [2.05, 4.69) is 57.0 Å². The Balaban J connectivity index is 1.44. The van der Waals surface area contributed by atoms with Gasteiger partial charge in [-0.1, -0.05) is 89.2 Å². The summed E-state index contributed by atoms with van der Waals surface area (Å²) in [5, 5.41) is 26.4. The Kier molecular flexibility index (Phi) is 14.7. The lowest BCUT2D eigenvalue weighted by molar-refractivity contribution is -0.182. The molecule has 9 atom stereocenters. The van der Waals surface area contributed by atoms with E-state index < -0.39 is 24.2 Å². The molecular formula is C47H69N5O6. The second kappa shape index (κ2) is 18.9. The maximum absolute atomic E-state index is 14.4. The predicted octanol–water partition coefficient (Wildman–Crippen LogP) is 5.97. The number of nitrogens with zero attached hydrogens (tertiary/aromatic N) is 4. The summed E-state index contributed by atoms with van der Waals surface area (Å²) in [6.45, 7) is 13.5. The number of carbonyl (C=O) groups excluding carboxylic acids is 2. The average Bonchev–Trinajstić information content (AvgIpc) is 3.57. The van der Waals surface area contributed by atoms with Gasteiger partial charge in [0.05, 0.1) is 31.9 Å². The number of aliphatic hydroxyl groups is 2. The van der Waals surface area contributed by atoms with Gasteiger partial charge in [0.2, 0.25) is 5.91 Å². The Labute approximate surface area is 347 Å². The van der Waals surface area contributed by atoms with Crippen molar-refractivity contribution >= 4 is 17.5 Å². The van der Waals surface area contributed by atoms with E-state index in [-0.39, 0.29) is 48.4 Å². The second-order valence-corrected chi connectivity index (χ2v) is 18.0. The van der Waals surface area contributed by atoms with Gasteiger partial charge >= 0.3 is 0 Å². The van der Waals surface area contributed by atoms with Gasteiger partial charge in [-0.3, -0.25) is 14.4 Å². The molecule has 1 saturated heterocycles. The van der Waals surface area contributed by atoms with Gasteiger partial charge in [-0.05, 0) is 80.3 Å². The van der Waals surface area contributed by atoms with E-state index in [1.165, 1.54) is 5.56 Å². The number of amides is 2. The smallest absolute Gasteiger partial charge is 0.256 e. The third-order valence-electron chi connectivity index (χ3n) is 13.6. The molecule has 3 N–H and O–H groups in total. The van der Waals surface area contributed by atoms with Crippen molar-refractivity contribution < 1.29 is 29.4 Å². The third kappa shape index (κ3) is 9.55. The Morgan fingerprint density at radius 1 is 1.00 bits per heavy atom. The van der Waals surface area contributed by atoms with Crippen molar-refractivity contribution in [1.82, 2.24) is 20.2 Å². The fraction of sp³-hybridized carbons (Fsp3) is 0.574. The molecule has 0 bridgehead atoms. The number of hydroxylamine groups is 2. The molecule has 58 heavy (non-hydrogen) atoms. The first kappa shape index (κ1) is 45.1. The van der Waals surface area contributed by atoms with Crippen LogP contribution >= 0.6 is 0 Å². The van der Waals surface area contributed by atoms with Crippen molar-refractivity contribution in [3.8, 4) is 16.9 Å². The summed E-state index contributed by atoms with van der Waals surface area (Å²) < 4.78 is 6.11. The van der Waals surface area contributed by atoms with Gasteiger partial charge in [0.15, 0.2) is 0 Å². The minimum Gasteiger partial charge on any atom is -0.496 e. The van der Waals surface area contributed by atoms with E-state index in [0.717, 1.165) is 35.2 Å². The summed E-state index contributed by atoms with van der Waals surface area (Å²) in [6.07, 6.45) is -0.0809. The third-order valence-corrected chi connectivity index (χ3v) is 13.6. The first-order chi connectivity index (χ1) is 27.4. The zero-order valence-electron chi connectivity index (χ0n) is 36.9. The summed E-state index contributed by atoms with van der Waals surface area (Å²) >= 11 is 0. The van der Waals surface area contributed by atoms with E-state index >= 15 is 0 Å². The maximum atomic E-state index is 14.4. The number of ether oxygens (including phenoxy) is 1. The molecule has 1 saturated carbocycles. The summed E-state index contributed by atoms with van der Waals surface area (Å²) in [4.78, 5) is 40.9. The van der Waals surface area contributed by atoms with E-state index in [1.54, 1.807) is 19.1 Å². The lowest BCUT2D eigenvalue weighted by Gasteiger charge is -2.50. The lowest BCUT2D eigenvalue weighted by atomic mass is 9.58. The number of benzene rings is 3. The highest BCUT2D eigenvalue weighted by molar-refractivity contribution is 6.01. The van der Waals surface area contributed by atoms with Crippen LogP contribution in [-0.2, 0) is 22.6 Å². The summed E-state index contributed by atoms with van der Waals surface area (Å²) in [7, 11) is 11.4. The van der Waals surface area contributed by atoms with Crippen molar-refractivity contribution in [2.75, 3.05) is 60.4 Å². The SMILES string of the molecule is COc1c(CN2O[C@@H](CO)[C@H]([C@H](C)O)[C@H]2C(=O)N[C@H]2C[C@@H](C)C(C)(C)[C@@H](C)[C@@H]2C)cccc1-c1ccc(C(=O)N(C)[C@@H](Cc2ccccc2)CN(C)C)c(N(C)C)c1. The second-order valence-electron chi connectivity index (χ2n) is 18.0. The quantitative estimate of drug-likeness (QED) is 0.171. The van der Waals surface area contributed by atoms with Crippen molar-refractivity contribution in [3.63, 3.8) is 0 Å². The van der Waals surface area contributed by atoms with Crippen LogP contribution in [0.5, 0.6) is 5.75 Å². The first-order valence-electron chi connectivity index (χ1n) is 20.9. The number of carbonyl (C=O) groups is 2. The number of nitrogens with one attached hydrogen (secondary N) is 1. The number of rotatable bonds is 15. The zero-order chi connectivity index (χ0) is 42.6. The number of likely N-dealkylation sites (N-methyl/N-ethyl adjacent to an activating group) is 2. The van der Waals surface area contributed by atoms with Crippen LogP contribution < -0.4 is 15.0 Å². The Hall–Kier alpha value is -4.00. The van der Waals surface area contributed by atoms with Crippen molar-refractivity contribution in [1.29, 1.82) is 0 Å². The number of methoxy groups -OCH3 is 1.